The van der Waals surface area contributed by atoms with Crippen LogP contribution in [0.4, 0.5) is 5.69 Å². The van der Waals surface area contributed by atoms with Crippen molar-refractivity contribution >= 4 is 17.6 Å². The first-order chi connectivity index (χ1) is 17.0. The van der Waals surface area contributed by atoms with E-state index >= 15 is 0 Å². The molecule has 1 saturated heterocycles. The van der Waals surface area contributed by atoms with Crippen LogP contribution in [0.25, 0.3) is 0 Å². The Kier molecular flexibility index (Phi) is 7.18. The third-order valence-electron chi connectivity index (χ3n) is 6.38. The standard InChI is InChI=1S/C27H28N4O4/c1-34-26(32)23-22(19-10-4-3-5-11-19)21(16-28)25(29)31(24(23)27(33)35-2)20-12-8-9-18(15-20)17-30-13-6-7-14-30/h3-5,8-12,15,22H,6-7,13-14,17,29H2,1-2H3. The average Bonchev–Trinajstić information content (AvgIpc) is 3.40. The average molecular weight is 473 g/mol. The van der Waals surface area contributed by atoms with Gasteiger partial charge in [0.05, 0.1) is 37.4 Å². The number of benzene rings is 2. The minimum Gasteiger partial charge on any atom is -0.466 e. The predicted molar refractivity (Wildman–Crippen MR) is 130 cm³/mol. The largest absolute Gasteiger partial charge is 0.466 e. The molecule has 2 heterocycles. The van der Waals surface area contributed by atoms with Gasteiger partial charge < -0.3 is 15.2 Å². The molecule has 0 aromatic heterocycles. The first kappa shape index (κ1) is 24.0. The molecule has 2 aromatic carbocycles. The molecule has 0 saturated carbocycles. The summed E-state index contributed by atoms with van der Waals surface area (Å²) in [5.41, 5.74) is 8.88. The maximum atomic E-state index is 13.2. The second kappa shape index (κ2) is 10.5. The van der Waals surface area contributed by atoms with Crippen molar-refractivity contribution in [3.05, 3.63) is 88.4 Å². The van der Waals surface area contributed by atoms with E-state index in [-0.39, 0.29) is 22.7 Å². The number of carbonyl (C=O) groups excluding carboxylic acids is 2. The van der Waals surface area contributed by atoms with Crippen molar-refractivity contribution in [1.29, 1.82) is 5.26 Å². The molecule has 8 heteroatoms. The van der Waals surface area contributed by atoms with Crippen LogP contribution in [0.2, 0.25) is 0 Å². The summed E-state index contributed by atoms with van der Waals surface area (Å²) in [5, 5.41) is 10.1. The van der Waals surface area contributed by atoms with Crippen LogP contribution in [0.5, 0.6) is 0 Å². The number of rotatable bonds is 6. The fourth-order valence-corrected chi connectivity index (χ4v) is 4.77. The van der Waals surface area contributed by atoms with Gasteiger partial charge in [-0.25, -0.2) is 9.59 Å². The normalized spacial score (nSPS) is 18.4. The maximum Gasteiger partial charge on any atom is 0.355 e. The van der Waals surface area contributed by atoms with Crippen molar-refractivity contribution in [2.24, 2.45) is 5.73 Å². The number of nitrogens with zero attached hydrogens (tertiary/aromatic N) is 3. The zero-order chi connectivity index (χ0) is 24.9. The van der Waals surface area contributed by atoms with Gasteiger partial charge >= 0.3 is 11.9 Å². The minimum absolute atomic E-state index is 0.00115. The van der Waals surface area contributed by atoms with Crippen LogP contribution in [0.3, 0.4) is 0 Å². The number of allylic oxidation sites excluding steroid dienone is 1. The van der Waals surface area contributed by atoms with Crippen molar-refractivity contribution in [3.63, 3.8) is 0 Å². The number of hydrogen-bond donors (Lipinski definition) is 1. The van der Waals surface area contributed by atoms with Gasteiger partial charge in [0.1, 0.15) is 11.5 Å². The van der Waals surface area contributed by atoms with Crippen LogP contribution >= 0.6 is 0 Å². The summed E-state index contributed by atoms with van der Waals surface area (Å²) in [6.45, 7) is 2.82. The quantitative estimate of drug-likeness (QED) is 0.639. The number of carbonyl (C=O) groups is 2. The third-order valence-corrected chi connectivity index (χ3v) is 6.38. The number of esters is 2. The molecular formula is C27H28N4O4. The monoisotopic (exact) mass is 472 g/mol. The molecule has 35 heavy (non-hydrogen) atoms. The summed E-state index contributed by atoms with van der Waals surface area (Å²) in [6.07, 6.45) is 2.34. The number of nitriles is 1. The number of hydrogen-bond acceptors (Lipinski definition) is 8. The molecule has 0 spiro atoms. The Labute approximate surface area is 204 Å². The van der Waals surface area contributed by atoms with Gasteiger partial charge in [-0.2, -0.15) is 5.26 Å². The summed E-state index contributed by atoms with van der Waals surface area (Å²) >= 11 is 0. The van der Waals surface area contributed by atoms with Gasteiger partial charge in [-0.05, 0) is 49.2 Å². The lowest BCUT2D eigenvalue weighted by Crippen LogP contribution is -2.40. The van der Waals surface area contributed by atoms with Gasteiger partial charge in [0.2, 0.25) is 0 Å². The van der Waals surface area contributed by atoms with E-state index in [0.29, 0.717) is 11.3 Å². The SMILES string of the molecule is COC(=O)C1=C(C(=O)OC)N(c2cccc(CN3CCCC3)c2)C(N)=C(C#N)C1c1ccccc1. The lowest BCUT2D eigenvalue weighted by Gasteiger charge is -2.36. The number of methoxy groups -OCH3 is 2. The van der Waals surface area contributed by atoms with Crippen LogP contribution in [0.1, 0.15) is 29.9 Å². The maximum absolute atomic E-state index is 13.2. The summed E-state index contributed by atoms with van der Waals surface area (Å²) in [7, 11) is 2.48. The number of likely N-dealkylation sites (tertiary alicyclic amines) is 1. The van der Waals surface area contributed by atoms with Crippen molar-refractivity contribution in [3.8, 4) is 6.07 Å². The zero-order valence-corrected chi connectivity index (χ0v) is 19.9. The number of ether oxygens (including phenoxy) is 2. The highest BCUT2D eigenvalue weighted by Crippen LogP contribution is 2.43. The molecule has 0 aliphatic carbocycles. The van der Waals surface area contributed by atoms with Crippen molar-refractivity contribution < 1.29 is 19.1 Å². The molecule has 180 valence electrons. The second-order valence-corrected chi connectivity index (χ2v) is 8.49. The lowest BCUT2D eigenvalue weighted by molar-refractivity contribution is -0.139. The zero-order valence-electron chi connectivity index (χ0n) is 19.9. The molecule has 0 amide bonds. The third kappa shape index (κ3) is 4.63. The fraction of sp³-hybridized carbons (Fsp3) is 0.296. The Bertz CT molecular complexity index is 1220. The summed E-state index contributed by atoms with van der Waals surface area (Å²) < 4.78 is 10.2. The van der Waals surface area contributed by atoms with Crippen LogP contribution in [0, 0.1) is 11.3 Å². The Balaban J connectivity index is 1.92. The molecule has 2 aliphatic rings. The molecule has 4 rings (SSSR count). The van der Waals surface area contributed by atoms with Gasteiger partial charge in [0, 0.05) is 12.2 Å². The summed E-state index contributed by atoms with van der Waals surface area (Å²) in [6, 6.07) is 18.7. The van der Waals surface area contributed by atoms with E-state index in [2.05, 4.69) is 11.0 Å². The van der Waals surface area contributed by atoms with Gasteiger partial charge in [-0.1, -0.05) is 42.5 Å². The van der Waals surface area contributed by atoms with Crippen molar-refractivity contribution in [2.75, 3.05) is 32.2 Å². The second-order valence-electron chi connectivity index (χ2n) is 8.49. The highest BCUT2D eigenvalue weighted by Gasteiger charge is 2.43. The Hall–Kier alpha value is -4.09. The van der Waals surface area contributed by atoms with Crippen LogP contribution in [-0.4, -0.2) is 44.1 Å². The Morgan fingerprint density at radius 3 is 2.34 bits per heavy atom. The van der Waals surface area contributed by atoms with Gasteiger partial charge in [-0.3, -0.25) is 9.80 Å². The molecule has 8 nitrogen and oxygen atoms in total. The van der Waals surface area contributed by atoms with E-state index < -0.39 is 17.9 Å². The highest BCUT2D eigenvalue weighted by atomic mass is 16.5. The number of anilines is 1. The van der Waals surface area contributed by atoms with Gasteiger partial charge in [0.25, 0.3) is 0 Å². The topological polar surface area (TPSA) is 109 Å². The molecular weight excluding hydrogens is 444 g/mol. The van der Waals surface area contributed by atoms with E-state index in [1.54, 1.807) is 30.3 Å². The van der Waals surface area contributed by atoms with E-state index in [1.807, 2.05) is 24.3 Å². The van der Waals surface area contributed by atoms with Crippen molar-refractivity contribution in [2.45, 2.75) is 25.3 Å². The lowest BCUT2D eigenvalue weighted by atomic mass is 9.81. The van der Waals surface area contributed by atoms with Crippen LogP contribution < -0.4 is 10.6 Å². The van der Waals surface area contributed by atoms with Crippen molar-refractivity contribution in [1.82, 2.24) is 4.90 Å². The van der Waals surface area contributed by atoms with Gasteiger partial charge in [0.15, 0.2) is 0 Å². The Morgan fingerprint density at radius 2 is 1.71 bits per heavy atom. The summed E-state index contributed by atoms with van der Waals surface area (Å²) in [4.78, 5) is 30.1. The van der Waals surface area contributed by atoms with E-state index in [0.717, 1.165) is 25.2 Å². The fourth-order valence-electron chi connectivity index (χ4n) is 4.77. The van der Waals surface area contributed by atoms with Gasteiger partial charge in [-0.15, -0.1) is 0 Å². The van der Waals surface area contributed by atoms with E-state index in [1.165, 1.54) is 32.0 Å². The molecule has 2 aromatic rings. The first-order valence-electron chi connectivity index (χ1n) is 11.5. The Morgan fingerprint density at radius 1 is 1.03 bits per heavy atom. The minimum atomic E-state index is -0.883. The molecule has 0 bridgehead atoms. The van der Waals surface area contributed by atoms with E-state index in [9.17, 15) is 14.9 Å². The highest BCUT2D eigenvalue weighted by molar-refractivity contribution is 6.06. The molecule has 2 N–H and O–H groups in total. The number of nitrogens with two attached hydrogens (primary N) is 1. The smallest absolute Gasteiger partial charge is 0.355 e. The molecule has 1 fully saturated rings. The molecule has 1 unspecified atom stereocenters. The molecule has 0 radical (unpaired) electrons. The van der Waals surface area contributed by atoms with Crippen LogP contribution in [-0.2, 0) is 25.6 Å². The molecule has 1 atom stereocenters. The van der Waals surface area contributed by atoms with E-state index in [4.69, 9.17) is 15.2 Å². The predicted octanol–water partition coefficient (Wildman–Crippen LogP) is 3.18. The molecule has 2 aliphatic heterocycles. The first-order valence-corrected chi connectivity index (χ1v) is 11.5. The summed E-state index contributed by atoms with van der Waals surface area (Å²) in [5.74, 6) is -2.31. The van der Waals surface area contributed by atoms with Crippen LogP contribution in [0.15, 0.2) is 77.3 Å².